The van der Waals surface area contributed by atoms with Crippen LogP contribution in [0, 0.1) is 5.82 Å². The van der Waals surface area contributed by atoms with Crippen molar-refractivity contribution in [3.63, 3.8) is 0 Å². The molecule has 1 saturated heterocycles. The normalized spacial score (nSPS) is 21.3. The minimum Gasteiger partial charge on any atom is -0.314 e. The first-order chi connectivity index (χ1) is 9.29. The maximum absolute atomic E-state index is 13.5. The fourth-order valence-electron chi connectivity index (χ4n) is 2.79. The summed E-state index contributed by atoms with van der Waals surface area (Å²) < 4.78 is 13.5. The minimum absolute atomic E-state index is 0.0812. The fourth-order valence-corrected chi connectivity index (χ4v) is 2.79. The molecule has 0 spiro atoms. The quantitative estimate of drug-likeness (QED) is 0.880. The van der Waals surface area contributed by atoms with Crippen molar-refractivity contribution in [2.75, 3.05) is 26.2 Å². The van der Waals surface area contributed by atoms with Crippen molar-refractivity contribution in [2.45, 2.75) is 38.6 Å². The van der Waals surface area contributed by atoms with Crippen LogP contribution < -0.4 is 5.32 Å². The maximum Gasteiger partial charge on any atom is 0.126 e. The third-order valence-corrected chi connectivity index (χ3v) is 4.05. The van der Waals surface area contributed by atoms with E-state index in [1.807, 2.05) is 12.1 Å². The molecule has 0 aromatic heterocycles. The number of hydrogen-bond acceptors (Lipinski definition) is 2. The molecule has 1 aromatic carbocycles. The van der Waals surface area contributed by atoms with Crippen molar-refractivity contribution in [3.8, 4) is 0 Å². The van der Waals surface area contributed by atoms with Gasteiger partial charge in [0.1, 0.15) is 5.82 Å². The van der Waals surface area contributed by atoms with Crippen LogP contribution in [0.3, 0.4) is 0 Å². The van der Waals surface area contributed by atoms with Gasteiger partial charge in [0.25, 0.3) is 0 Å². The summed E-state index contributed by atoms with van der Waals surface area (Å²) in [5.74, 6) is -0.0812. The summed E-state index contributed by atoms with van der Waals surface area (Å²) in [5, 5.41) is 3.59. The molecule has 0 bridgehead atoms. The lowest BCUT2D eigenvalue weighted by atomic mass is 10.1. The summed E-state index contributed by atoms with van der Waals surface area (Å²) in [7, 11) is 0. The van der Waals surface area contributed by atoms with E-state index in [9.17, 15) is 4.39 Å². The van der Waals surface area contributed by atoms with Crippen LogP contribution in [-0.2, 0) is 6.42 Å². The second-order valence-corrected chi connectivity index (χ2v) is 5.36. The van der Waals surface area contributed by atoms with E-state index < -0.39 is 0 Å². The molecule has 1 fully saturated rings. The van der Waals surface area contributed by atoms with E-state index in [0.29, 0.717) is 6.04 Å². The van der Waals surface area contributed by atoms with Gasteiger partial charge in [0.2, 0.25) is 0 Å². The molecule has 3 heteroatoms. The van der Waals surface area contributed by atoms with E-state index >= 15 is 0 Å². The molecule has 1 heterocycles. The number of benzene rings is 1. The van der Waals surface area contributed by atoms with Crippen LogP contribution in [0.25, 0.3) is 0 Å². The smallest absolute Gasteiger partial charge is 0.126 e. The van der Waals surface area contributed by atoms with Crippen molar-refractivity contribution in [2.24, 2.45) is 0 Å². The highest BCUT2D eigenvalue weighted by molar-refractivity contribution is 5.17. The Morgan fingerprint density at radius 1 is 1.26 bits per heavy atom. The highest BCUT2D eigenvalue weighted by Gasteiger charge is 2.15. The summed E-state index contributed by atoms with van der Waals surface area (Å²) in [6.07, 6.45) is 4.50. The van der Waals surface area contributed by atoms with E-state index in [1.54, 1.807) is 12.1 Å². The largest absolute Gasteiger partial charge is 0.314 e. The summed E-state index contributed by atoms with van der Waals surface area (Å²) >= 11 is 0. The molecule has 0 saturated carbocycles. The SMILES string of the molecule is CCN1CCCC(NCCc2ccccc2F)CC1. The van der Waals surface area contributed by atoms with Crippen LogP contribution in [0.1, 0.15) is 31.7 Å². The van der Waals surface area contributed by atoms with Crippen molar-refractivity contribution in [1.82, 2.24) is 10.2 Å². The van der Waals surface area contributed by atoms with Gasteiger partial charge in [-0.2, -0.15) is 0 Å². The van der Waals surface area contributed by atoms with E-state index in [1.165, 1.54) is 32.4 Å². The Morgan fingerprint density at radius 2 is 2.11 bits per heavy atom. The molecule has 1 N–H and O–H groups in total. The highest BCUT2D eigenvalue weighted by Crippen LogP contribution is 2.11. The standard InChI is InChI=1S/C16H25FN2/c1-2-19-12-5-7-15(10-13-19)18-11-9-14-6-3-4-8-16(14)17/h3-4,6,8,15,18H,2,5,7,9-13H2,1H3. The second kappa shape index (κ2) is 7.61. The van der Waals surface area contributed by atoms with Gasteiger partial charge < -0.3 is 10.2 Å². The number of hydrogen-bond donors (Lipinski definition) is 1. The van der Waals surface area contributed by atoms with Gasteiger partial charge in [0.15, 0.2) is 0 Å². The molecule has 106 valence electrons. The van der Waals surface area contributed by atoms with Crippen LogP contribution in [0.2, 0.25) is 0 Å². The Morgan fingerprint density at radius 3 is 2.89 bits per heavy atom. The average Bonchev–Trinajstić information content (AvgIpc) is 2.66. The zero-order valence-electron chi connectivity index (χ0n) is 11.9. The Hall–Kier alpha value is -0.930. The van der Waals surface area contributed by atoms with Gasteiger partial charge in [-0.15, -0.1) is 0 Å². The average molecular weight is 264 g/mol. The molecular formula is C16H25FN2. The summed E-state index contributed by atoms with van der Waals surface area (Å²) in [6.45, 7) is 6.67. The fraction of sp³-hybridized carbons (Fsp3) is 0.625. The van der Waals surface area contributed by atoms with Gasteiger partial charge in [-0.05, 0) is 63.5 Å². The van der Waals surface area contributed by atoms with Crippen molar-refractivity contribution in [1.29, 1.82) is 0 Å². The van der Waals surface area contributed by atoms with Crippen LogP contribution in [0.15, 0.2) is 24.3 Å². The van der Waals surface area contributed by atoms with Crippen molar-refractivity contribution >= 4 is 0 Å². The predicted molar refractivity (Wildman–Crippen MR) is 77.9 cm³/mol. The third kappa shape index (κ3) is 4.59. The number of likely N-dealkylation sites (tertiary alicyclic amines) is 1. The monoisotopic (exact) mass is 264 g/mol. The van der Waals surface area contributed by atoms with E-state index in [0.717, 1.165) is 25.1 Å². The Kier molecular flexibility index (Phi) is 5.80. The molecule has 0 aliphatic carbocycles. The predicted octanol–water partition coefficient (Wildman–Crippen LogP) is 2.83. The molecular weight excluding hydrogens is 239 g/mol. The van der Waals surface area contributed by atoms with Crippen molar-refractivity contribution in [3.05, 3.63) is 35.6 Å². The molecule has 1 atom stereocenters. The van der Waals surface area contributed by atoms with E-state index in [2.05, 4.69) is 17.1 Å². The lowest BCUT2D eigenvalue weighted by molar-refractivity contribution is 0.297. The minimum atomic E-state index is -0.0812. The van der Waals surface area contributed by atoms with Crippen LogP contribution in [-0.4, -0.2) is 37.1 Å². The lowest BCUT2D eigenvalue weighted by Gasteiger charge is -2.18. The maximum atomic E-state index is 13.5. The highest BCUT2D eigenvalue weighted by atomic mass is 19.1. The van der Waals surface area contributed by atoms with Gasteiger partial charge in [-0.1, -0.05) is 25.1 Å². The first-order valence-electron chi connectivity index (χ1n) is 7.48. The number of nitrogens with one attached hydrogen (secondary N) is 1. The Bertz CT molecular complexity index is 381. The molecule has 1 aliphatic rings. The zero-order valence-corrected chi connectivity index (χ0v) is 11.9. The van der Waals surface area contributed by atoms with Gasteiger partial charge in [0.05, 0.1) is 0 Å². The van der Waals surface area contributed by atoms with Gasteiger partial charge in [-0.25, -0.2) is 4.39 Å². The van der Waals surface area contributed by atoms with Gasteiger partial charge >= 0.3 is 0 Å². The second-order valence-electron chi connectivity index (χ2n) is 5.36. The molecule has 2 nitrogen and oxygen atoms in total. The Balaban J connectivity index is 1.72. The van der Waals surface area contributed by atoms with Crippen molar-refractivity contribution < 1.29 is 4.39 Å². The molecule has 0 amide bonds. The van der Waals surface area contributed by atoms with Gasteiger partial charge in [0, 0.05) is 6.04 Å². The van der Waals surface area contributed by atoms with E-state index in [-0.39, 0.29) is 5.82 Å². The number of halogens is 1. The lowest BCUT2D eigenvalue weighted by Crippen LogP contribution is -2.32. The number of nitrogens with zero attached hydrogens (tertiary/aromatic N) is 1. The van der Waals surface area contributed by atoms with Gasteiger partial charge in [-0.3, -0.25) is 0 Å². The molecule has 0 radical (unpaired) electrons. The van der Waals surface area contributed by atoms with Crippen LogP contribution >= 0.6 is 0 Å². The zero-order chi connectivity index (χ0) is 13.5. The summed E-state index contributed by atoms with van der Waals surface area (Å²) in [5.41, 5.74) is 0.818. The van der Waals surface area contributed by atoms with E-state index in [4.69, 9.17) is 0 Å². The first-order valence-corrected chi connectivity index (χ1v) is 7.48. The molecule has 1 aliphatic heterocycles. The Labute approximate surface area is 116 Å². The topological polar surface area (TPSA) is 15.3 Å². The molecule has 1 aromatic rings. The number of rotatable bonds is 5. The van der Waals surface area contributed by atoms with Crippen LogP contribution in [0.4, 0.5) is 4.39 Å². The third-order valence-electron chi connectivity index (χ3n) is 4.05. The summed E-state index contributed by atoms with van der Waals surface area (Å²) in [6, 6.07) is 7.67. The summed E-state index contributed by atoms with van der Waals surface area (Å²) in [4.78, 5) is 2.51. The van der Waals surface area contributed by atoms with Crippen LogP contribution in [0.5, 0.6) is 0 Å². The molecule has 2 rings (SSSR count). The molecule has 1 unspecified atom stereocenters. The molecule has 19 heavy (non-hydrogen) atoms. The first kappa shape index (κ1) is 14.5.